The Morgan fingerprint density at radius 3 is 2.84 bits per heavy atom. The number of hydrogen-bond acceptors (Lipinski definition) is 5. The summed E-state index contributed by atoms with van der Waals surface area (Å²) in [6.45, 7) is 1.32. The lowest BCUT2D eigenvalue weighted by Crippen LogP contribution is -2.09. The summed E-state index contributed by atoms with van der Waals surface area (Å²) in [5.74, 6) is 1.34. The third-order valence-electron chi connectivity index (χ3n) is 2.39. The van der Waals surface area contributed by atoms with Gasteiger partial charge in [0.25, 0.3) is 0 Å². The van der Waals surface area contributed by atoms with Gasteiger partial charge in [-0.2, -0.15) is 5.26 Å². The van der Waals surface area contributed by atoms with Gasteiger partial charge in [-0.05, 0) is 24.6 Å². The van der Waals surface area contributed by atoms with Crippen molar-refractivity contribution in [2.24, 2.45) is 0 Å². The molecule has 0 radical (unpaired) electrons. The quantitative estimate of drug-likeness (QED) is 0.800. The second kappa shape index (κ2) is 6.97. The summed E-state index contributed by atoms with van der Waals surface area (Å²) in [7, 11) is 0. The number of rotatable bonds is 6. The number of nitriles is 1. The van der Waals surface area contributed by atoms with Crippen LogP contribution >= 0.6 is 0 Å². The third-order valence-corrected chi connectivity index (χ3v) is 2.39. The molecule has 0 amide bonds. The molecule has 0 unspecified atom stereocenters. The van der Waals surface area contributed by atoms with Gasteiger partial charge in [0.15, 0.2) is 0 Å². The zero-order valence-electron chi connectivity index (χ0n) is 10.4. The van der Waals surface area contributed by atoms with E-state index >= 15 is 0 Å². The fraction of sp³-hybridized carbons (Fsp3) is 0.214. The van der Waals surface area contributed by atoms with Crippen molar-refractivity contribution >= 4 is 5.95 Å². The largest absolute Gasteiger partial charge is 0.494 e. The highest BCUT2D eigenvalue weighted by molar-refractivity contribution is 5.29. The molecule has 0 saturated heterocycles. The van der Waals surface area contributed by atoms with Crippen molar-refractivity contribution in [3.63, 3.8) is 0 Å². The number of hydrogen-bond donors (Lipinski definition) is 1. The number of aromatic nitrogens is 2. The first-order valence-corrected chi connectivity index (χ1v) is 6.03. The van der Waals surface area contributed by atoms with Crippen molar-refractivity contribution in [3.05, 3.63) is 48.3 Å². The molecule has 96 valence electrons. The van der Waals surface area contributed by atoms with Crippen molar-refractivity contribution in [1.29, 1.82) is 5.26 Å². The molecule has 0 aliphatic rings. The monoisotopic (exact) mass is 254 g/mol. The number of para-hydroxylation sites is 1. The molecule has 0 atom stereocenters. The molecule has 0 bridgehead atoms. The maximum atomic E-state index is 8.71. The van der Waals surface area contributed by atoms with Crippen LogP contribution in [0, 0.1) is 11.3 Å². The second-order valence-corrected chi connectivity index (χ2v) is 3.82. The van der Waals surface area contributed by atoms with Crippen molar-refractivity contribution in [3.8, 4) is 11.8 Å². The summed E-state index contributed by atoms with van der Waals surface area (Å²) in [6, 6.07) is 13.2. The predicted octanol–water partition coefficient (Wildman–Crippen LogP) is 2.23. The topological polar surface area (TPSA) is 70.8 Å². The first-order valence-electron chi connectivity index (χ1n) is 6.03. The molecule has 19 heavy (non-hydrogen) atoms. The van der Waals surface area contributed by atoms with Gasteiger partial charge >= 0.3 is 0 Å². The van der Waals surface area contributed by atoms with E-state index in [1.807, 2.05) is 36.4 Å². The SMILES string of the molecule is N#Cc1ccnc(NCCCOc2ccccc2)n1. The number of nitrogens with one attached hydrogen (secondary N) is 1. The van der Waals surface area contributed by atoms with Crippen molar-refractivity contribution < 1.29 is 4.74 Å². The van der Waals surface area contributed by atoms with Crippen LogP contribution in [0.25, 0.3) is 0 Å². The number of nitrogens with zero attached hydrogens (tertiary/aromatic N) is 3. The molecule has 1 aromatic carbocycles. The molecular formula is C14H14N4O. The van der Waals surface area contributed by atoms with Gasteiger partial charge in [0, 0.05) is 12.7 Å². The molecule has 0 fully saturated rings. The third kappa shape index (κ3) is 4.28. The lowest BCUT2D eigenvalue weighted by molar-refractivity contribution is 0.315. The minimum atomic E-state index is 0.359. The molecule has 0 aliphatic carbocycles. The van der Waals surface area contributed by atoms with Crippen LogP contribution in [0.15, 0.2) is 42.6 Å². The molecule has 5 nitrogen and oxygen atoms in total. The van der Waals surface area contributed by atoms with Crippen molar-refractivity contribution in [2.75, 3.05) is 18.5 Å². The van der Waals surface area contributed by atoms with E-state index in [4.69, 9.17) is 10.00 Å². The predicted molar refractivity (Wildman–Crippen MR) is 71.8 cm³/mol. The summed E-state index contributed by atoms with van der Waals surface area (Å²) in [6.07, 6.45) is 2.39. The molecular weight excluding hydrogens is 240 g/mol. The highest BCUT2D eigenvalue weighted by Crippen LogP contribution is 2.08. The van der Waals surface area contributed by atoms with Crippen molar-refractivity contribution in [2.45, 2.75) is 6.42 Å². The fourth-order valence-electron chi connectivity index (χ4n) is 1.49. The number of ether oxygens (including phenoxy) is 1. The summed E-state index contributed by atoms with van der Waals surface area (Å²) in [4.78, 5) is 8.05. The summed E-state index contributed by atoms with van der Waals surface area (Å²) >= 11 is 0. The average molecular weight is 254 g/mol. The van der Waals surface area contributed by atoms with Gasteiger partial charge in [0.2, 0.25) is 5.95 Å². The Bertz CT molecular complexity index is 551. The van der Waals surface area contributed by atoms with E-state index in [0.29, 0.717) is 24.8 Å². The molecule has 0 saturated carbocycles. The van der Waals surface area contributed by atoms with E-state index in [1.165, 1.54) is 0 Å². The first-order chi connectivity index (χ1) is 9.38. The van der Waals surface area contributed by atoms with Gasteiger partial charge in [-0.15, -0.1) is 0 Å². The van der Waals surface area contributed by atoms with E-state index in [1.54, 1.807) is 12.3 Å². The van der Waals surface area contributed by atoms with E-state index in [9.17, 15) is 0 Å². The molecule has 1 heterocycles. The van der Waals surface area contributed by atoms with Crippen LogP contribution in [-0.4, -0.2) is 23.1 Å². The van der Waals surface area contributed by atoms with Gasteiger partial charge < -0.3 is 10.1 Å². The Kier molecular flexibility index (Phi) is 4.71. The Hall–Kier alpha value is -2.61. The highest BCUT2D eigenvalue weighted by atomic mass is 16.5. The maximum absolute atomic E-state index is 8.71. The lowest BCUT2D eigenvalue weighted by atomic mass is 10.3. The van der Waals surface area contributed by atoms with Gasteiger partial charge in [0.05, 0.1) is 6.61 Å². The van der Waals surface area contributed by atoms with E-state index in [0.717, 1.165) is 12.2 Å². The van der Waals surface area contributed by atoms with Gasteiger partial charge in [0.1, 0.15) is 17.5 Å². The van der Waals surface area contributed by atoms with E-state index < -0.39 is 0 Å². The standard InChI is InChI=1S/C14H14N4O/c15-11-12-7-9-17-14(18-12)16-8-4-10-19-13-5-2-1-3-6-13/h1-3,5-7,9H,4,8,10H2,(H,16,17,18). The molecule has 1 aromatic heterocycles. The fourth-order valence-corrected chi connectivity index (χ4v) is 1.49. The first kappa shape index (κ1) is 12.8. The minimum absolute atomic E-state index is 0.359. The summed E-state index contributed by atoms with van der Waals surface area (Å²) in [5.41, 5.74) is 0.359. The van der Waals surface area contributed by atoms with Crippen LogP contribution in [0.3, 0.4) is 0 Å². The van der Waals surface area contributed by atoms with Crippen LogP contribution in [-0.2, 0) is 0 Å². The number of anilines is 1. The molecule has 0 aliphatic heterocycles. The van der Waals surface area contributed by atoms with Gasteiger partial charge in [-0.3, -0.25) is 0 Å². The molecule has 0 spiro atoms. The molecule has 2 rings (SSSR count). The maximum Gasteiger partial charge on any atom is 0.223 e. The summed E-state index contributed by atoms with van der Waals surface area (Å²) < 4.78 is 5.56. The van der Waals surface area contributed by atoms with Gasteiger partial charge in [-0.25, -0.2) is 9.97 Å². The highest BCUT2D eigenvalue weighted by Gasteiger charge is 1.97. The zero-order valence-corrected chi connectivity index (χ0v) is 10.4. The van der Waals surface area contributed by atoms with Crippen LogP contribution in [0.2, 0.25) is 0 Å². The minimum Gasteiger partial charge on any atom is -0.494 e. The zero-order chi connectivity index (χ0) is 13.3. The van der Waals surface area contributed by atoms with Crippen LogP contribution in [0.5, 0.6) is 5.75 Å². The lowest BCUT2D eigenvalue weighted by Gasteiger charge is -2.06. The molecule has 5 heteroatoms. The summed E-state index contributed by atoms with van der Waals surface area (Å²) in [5, 5.41) is 11.8. The average Bonchev–Trinajstić information content (AvgIpc) is 2.48. The Balaban J connectivity index is 1.68. The van der Waals surface area contributed by atoms with E-state index in [2.05, 4.69) is 15.3 Å². The normalized spacial score (nSPS) is 9.63. The Morgan fingerprint density at radius 1 is 1.21 bits per heavy atom. The Morgan fingerprint density at radius 2 is 2.05 bits per heavy atom. The molecule has 2 aromatic rings. The van der Waals surface area contributed by atoms with Crippen LogP contribution in [0.4, 0.5) is 5.95 Å². The smallest absolute Gasteiger partial charge is 0.223 e. The molecule has 1 N–H and O–H groups in total. The second-order valence-electron chi connectivity index (χ2n) is 3.82. The van der Waals surface area contributed by atoms with Crippen LogP contribution in [0.1, 0.15) is 12.1 Å². The number of benzene rings is 1. The van der Waals surface area contributed by atoms with Crippen LogP contribution < -0.4 is 10.1 Å². The van der Waals surface area contributed by atoms with Crippen molar-refractivity contribution in [1.82, 2.24) is 9.97 Å². The van der Waals surface area contributed by atoms with Gasteiger partial charge in [-0.1, -0.05) is 18.2 Å². The van der Waals surface area contributed by atoms with E-state index in [-0.39, 0.29) is 0 Å². The Labute approximate surface area is 111 Å².